The van der Waals surface area contributed by atoms with Crippen molar-refractivity contribution in [3.63, 3.8) is 0 Å². The maximum Gasteiger partial charge on any atom is 0.343 e. The number of aromatic nitrogens is 7. The molecule has 3 aromatic heterocycles. The van der Waals surface area contributed by atoms with E-state index in [4.69, 9.17) is 0 Å². The van der Waals surface area contributed by atoms with Crippen LogP contribution in [0.15, 0.2) is 39.6 Å². The van der Waals surface area contributed by atoms with E-state index in [-0.39, 0.29) is 11.7 Å². The number of rotatable bonds is 6. The Balaban J connectivity index is 1.56. The van der Waals surface area contributed by atoms with E-state index in [1.807, 2.05) is 19.1 Å². The van der Waals surface area contributed by atoms with Crippen LogP contribution in [0.3, 0.4) is 0 Å². The molecule has 8 nitrogen and oxygen atoms in total. The first kappa shape index (κ1) is 16.4. The number of H-pyrrole nitrogens is 1. The predicted octanol–water partition coefficient (Wildman–Crippen LogP) is 2.07. The third-order valence-electron chi connectivity index (χ3n) is 3.95. The molecule has 0 saturated carbocycles. The number of aromatic amines is 1. The first-order valence-electron chi connectivity index (χ1n) is 8.04. The van der Waals surface area contributed by atoms with Crippen molar-refractivity contribution in [2.24, 2.45) is 0 Å². The highest BCUT2D eigenvalue weighted by molar-refractivity contribution is 8.00. The molecule has 130 valence electrons. The van der Waals surface area contributed by atoms with Crippen LogP contribution >= 0.6 is 23.5 Å². The molecule has 1 aliphatic rings. The van der Waals surface area contributed by atoms with Crippen molar-refractivity contribution in [2.75, 3.05) is 11.5 Å². The summed E-state index contributed by atoms with van der Waals surface area (Å²) in [6.45, 7) is 2.73. The summed E-state index contributed by atoms with van der Waals surface area (Å²) in [5.41, 5.74) is 0.863. The molecule has 0 unspecified atom stereocenters. The second-order valence-electron chi connectivity index (χ2n) is 5.65. The molecule has 1 aliphatic heterocycles. The lowest BCUT2D eigenvalue weighted by Crippen LogP contribution is -2.18. The minimum absolute atomic E-state index is 0.146. The molecule has 0 fully saturated rings. The van der Waals surface area contributed by atoms with Gasteiger partial charge in [-0.3, -0.25) is 14.1 Å². The van der Waals surface area contributed by atoms with Crippen LogP contribution in [0.1, 0.15) is 19.4 Å². The molecular formula is C15H17N7OS2. The molecule has 1 atom stereocenters. The van der Waals surface area contributed by atoms with Gasteiger partial charge in [0.25, 0.3) is 0 Å². The van der Waals surface area contributed by atoms with Crippen molar-refractivity contribution in [3.05, 3.63) is 35.0 Å². The van der Waals surface area contributed by atoms with E-state index in [2.05, 4.69) is 29.9 Å². The summed E-state index contributed by atoms with van der Waals surface area (Å²) in [6, 6.07) is 4.14. The summed E-state index contributed by atoms with van der Waals surface area (Å²) < 4.78 is 3.88. The monoisotopic (exact) mass is 375 g/mol. The Morgan fingerprint density at radius 2 is 2.20 bits per heavy atom. The van der Waals surface area contributed by atoms with Crippen LogP contribution < -0.4 is 5.69 Å². The number of nitrogens with one attached hydrogen (secondary N) is 1. The fourth-order valence-electron chi connectivity index (χ4n) is 2.78. The van der Waals surface area contributed by atoms with Gasteiger partial charge < -0.3 is 0 Å². The molecule has 0 saturated heterocycles. The van der Waals surface area contributed by atoms with Crippen molar-refractivity contribution in [1.82, 2.24) is 34.5 Å². The Bertz CT molecular complexity index is 918. The van der Waals surface area contributed by atoms with Crippen LogP contribution in [-0.2, 0) is 6.54 Å². The lowest BCUT2D eigenvalue weighted by Gasteiger charge is -2.14. The molecule has 4 heterocycles. The highest BCUT2D eigenvalue weighted by Crippen LogP contribution is 2.38. The van der Waals surface area contributed by atoms with E-state index in [0.29, 0.717) is 6.54 Å². The van der Waals surface area contributed by atoms with Gasteiger partial charge >= 0.3 is 5.69 Å². The molecule has 3 aromatic rings. The van der Waals surface area contributed by atoms with Gasteiger partial charge in [0.2, 0.25) is 0 Å². The standard InChI is InChI=1S/C15H17N7OS2/c1-2-7-21-13(23)18-19-14(21)24-8-11-9-25-15-20-17-12(22(11)15)10-3-5-16-6-4-10/h3-6,11H,2,7-9H2,1H3,(H,18,23)/t11-/m0/s1. The van der Waals surface area contributed by atoms with Gasteiger partial charge in [-0.15, -0.1) is 15.3 Å². The Morgan fingerprint density at radius 3 is 3.00 bits per heavy atom. The summed E-state index contributed by atoms with van der Waals surface area (Å²) >= 11 is 3.30. The molecule has 4 rings (SSSR count). The molecule has 25 heavy (non-hydrogen) atoms. The second kappa shape index (κ2) is 7.04. The smallest absolute Gasteiger partial charge is 0.297 e. The van der Waals surface area contributed by atoms with Gasteiger partial charge in [-0.25, -0.2) is 9.89 Å². The van der Waals surface area contributed by atoms with E-state index in [9.17, 15) is 4.79 Å². The average molecular weight is 375 g/mol. The minimum atomic E-state index is -0.146. The SMILES string of the molecule is CCCn1c(SC[C@H]2CSc3nnc(-c4ccncc4)n32)n[nH]c1=O. The first-order chi connectivity index (χ1) is 12.3. The van der Waals surface area contributed by atoms with Gasteiger partial charge in [-0.2, -0.15) is 0 Å². The van der Waals surface area contributed by atoms with E-state index >= 15 is 0 Å². The van der Waals surface area contributed by atoms with Crippen molar-refractivity contribution in [2.45, 2.75) is 36.2 Å². The number of nitrogens with zero attached hydrogens (tertiary/aromatic N) is 6. The first-order valence-corrected chi connectivity index (χ1v) is 10.0. The molecule has 0 bridgehead atoms. The summed E-state index contributed by atoms with van der Waals surface area (Å²) in [7, 11) is 0. The highest BCUT2D eigenvalue weighted by atomic mass is 32.2. The largest absolute Gasteiger partial charge is 0.343 e. The minimum Gasteiger partial charge on any atom is -0.297 e. The van der Waals surface area contributed by atoms with Gasteiger partial charge in [0.15, 0.2) is 16.1 Å². The van der Waals surface area contributed by atoms with Crippen molar-refractivity contribution in [1.29, 1.82) is 0 Å². The van der Waals surface area contributed by atoms with Crippen LogP contribution in [0.2, 0.25) is 0 Å². The van der Waals surface area contributed by atoms with Crippen LogP contribution in [0.5, 0.6) is 0 Å². The van der Waals surface area contributed by atoms with Gasteiger partial charge in [0.1, 0.15) is 0 Å². The average Bonchev–Trinajstić information content (AvgIpc) is 3.31. The Hall–Kier alpha value is -2.07. The lowest BCUT2D eigenvalue weighted by molar-refractivity contribution is 0.587. The molecular weight excluding hydrogens is 358 g/mol. The molecule has 1 N–H and O–H groups in total. The molecule has 0 aromatic carbocycles. The second-order valence-corrected chi connectivity index (χ2v) is 7.63. The molecule has 10 heteroatoms. The van der Waals surface area contributed by atoms with Crippen LogP contribution in [-0.4, -0.2) is 46.0 Å². The van der Waals surface area contributed by atoms with Gasteiger partial charge in [0.05, 0.1) is 6.04 Å². The van der Waals surface area contributed by atoms with Crippen molar-refractivity contribution < 1.29 is 0 Å². The van der Waals surface area contributed by atoms with Gasteiger partial charge in [-0.1, -0.05) is 30.4 Å². The summed E-state index contributed by atoms with van der Waals surface area (Å²) in [6.07, 6.45) is 4.42. The Kier molecular flexibility index (Phi) is 4.62. The zero-order chi connectivity index (χ0) is 17.2. The zero-order valence-electron chi connectivity index (χ0n) is 13.6. The third kappa shape index (κ3) is 3.11. The number of thioether (sulfide) groups is 2. The fraction of sp³-hybridized carbons (Fsp3) is 0.400. The number of hydrogen-bond acceptors (Lipinski definition) is 7. The van der Waals surface area contributed by atoms with Crippen LogP contribution in [0.25, 0.3) is 11.4 Å². The number of hydrogen-bond donors (Lipinski definition) is 1. The quantitative estimate of drug-likeness (QED) is 0.659. The molecule has 0 spiro atoms. The maximum atomic E-state index is 11.8. The topological polar surface area (TPSA) is 94.3 Å². The van der Waals surface area contributed by atoms with E-state index < -0.39 is 0 Å². The van der Waals surface area contributed by atoms with Crippen LogP contribution in [0.4, 0.5) is 0 Å². The van der Waals surface area contributed by atoms with E-state index in [0.717, 1.165) is 39.6 Å². The summed E-state index contributed by atoms with van der Waals surface area (Å²) in [5.74, 6) is 2.61. The zero-order valence-corrected chi connectivity index (χ0v) is 15.3. The Morgan fingerprint density at radius 1 is 1.36 bits per heavy atom. The lowest BCUT2D eigenvalue weighted by atomic mass is 10.2. The van der Waals surface area contributed by atoms with Gasteiger partial charge in [0, 0.05) is 36.0 Å². The molecule has 0 amide bonds. The number of pyridine rings is 1. The number of fused-ring (bicyclic) bond motifs is 1. The van der Waals surface area contributed by atoms with E-state index in [1.54, 1.807) is 40.5 Å². The molecule has 0 radical (unpaired) electrons. The van der Waals surface area contributed by atoms with Crippen molar-refractivity contribution in [3.8, 4) is 11.4 Å². The normalized spacial score (nSPS) is 16.3. The van der Waals surface area contributed by atoms with Crippen molar-refractivity contribution >= 4 is 23.5 Å². The van der Waals surface area contributed by atoms with Gasteiger partial charge in [-0.05, 0) is 18.6 Å². The van der Waals surface area contributed by atoms with Crippen LogP contribution in [0, 0.1) is 0 Å². The fourth-order valence-corrected chi connectivity index (χ4v) is 5.05. The summed E-state index contributed by atoms with van der Waals surface area (Å²) in [5, 5.41) is 17.0. The predicted molar refractivity (Wildman–Crippen MR) is 96.9 cm³/mol. The van der Waals surface area contributed by atoms with E-state index in [1.165, 1.54) is 0 Å². The summed E-state index contributed by atoms with van der Waals surface area (Å²) in [4.78, 5) is 15.9. The Labute approximate surface area is 152 Å². The maximum absolute atomic E-state index is 11.8. The third-order valence-corrected chi connectivity index (χ3v) is 6.16. The molecule has 0 aliphatic carbocycles. The highest BCUT2D eigenvalue weighted by Gasteiger charge is 2.29.